The van der Waals surface area contributed by atoms with Crippen molar-refractivity contribution >= 4 is 34.6 Å². The Morgan fingerprint density at radius 1 is 1.15 bits per heavy atom. The van der Waals surface area contributed by atoms with E-state index in [0.717, 1.165) is 11.1 Å². The summed E-state index contributed by atoms with van der Waals surface area (Å²) in [7, 11) is 0. The van der Waals surface area contributed by atoms with Gasteiger partial charge in [0, 0.05) is 17.3 Å². The van der Waals surface area contributed by atoms with Gasteiger partial charge in [-0.05, 0) is 48.4 Å². The smallest absolute Gasteiger partial charge is 0.353 e. The Labute approximate surface area is 159 Å². The second-order valence-corrected chi connectivity index (χ2v) is 6.18. The summed E-state index contributed by atoms with van der Waals surface area (Å²) in [6.07, 6.45) is 1.23. The predicted octanol–water partition coefficient (Wildman–Crippen LogP) is 4.84. The number of nitro groups is 1. The van der Waals surface area contributed by atoms with E-state index in [4.69, 9.17) is 11.6 Å². The van der Waals surface area contributed by atoms with Gasteiger partial charge in [-0.1, -0.05) is 23.7 Å². The predicted molar refractivity (Wildman–Crippen MR) is 102 cm³/mol. The summed E-state index contributed by atoms with van der Waals surface area (Å²) in [6, 6.07) is 11.0. The molecule has 0 aliphatic rings. The Bertz CT molecular complexity index is 982. The number of rotatable bonds is 6. The fraction of sp³-hybridized carbons (Fsp3) is 0.111. The number of hydrogen-bond donors (Lipinski definition) is 2. The van der Waals surface area contributed by atoms with Crippen molar-refractivity contribution in [1.29, 1.82) is 0 Å². The van der Waals surface area contributed by atoms with Crippen LogP contribution in [0.5, 0.6) is 0 Å². The van der Waals surface area contributed by atoms with Crippen molar-refractivity contribution in [2.24, 2.45) is 0 Å². The molecule has 0 saturated carbocycles. The maximum atomic E-state index is 13.0. The number of benzene rings is 2. The Hall–Kier alpha value is -3.26. The molecule has 1 aromatic heterocycles. The molecule has 2 aromatic carbocycles. The van der Waals surface area contributed by atoms with E-state index in [0.29, 0.717) is 10.7 Å². The first-order valence-electron chi connectivity index (χ1n) is 7.95. The van der Waals surface area contributed by atoms with E-state index in [9.17, 15) is 14.5 Å². The largest absolute Gasteiger partial charge is 0.360 e. The van der Waals surface area contributed by atoms with Crippen LogP contribution in [0.3, 0.4) is 0 Å². The number of nitrogens with zero attached hydrogens (tertiary/aromatic N) is 3. The Balaban J connectivity index is 1.87. The molecule has 0 spiro atoms. The summed E-state index contributed by atoms with van der Waals surface area (Å²) in [5.41, 5.74) is 1.93. The van der Waals surface area contributed by atoms with Crippen molar-refractivity contribution in [2.45, 2.75) is 13.5 Å². The van der Waals surface area contributed by atoms with Gasteiger partial charge in [-0.3, -0.25) is 10.1 Å². The molecule has 0 unspecified atom stereocenters. The van der Waals surface area contributed by atoms with E-state index >= 15 is 0 Å². The standard InChI is InChI=1S/C18H15ClFN5O2/c1-11-8-13(19)4-7-15(11)24-18-16(25(26)27)17(22-10-23-18)21-9-12-2-5-14(20)6-3-12/h2-8,10H,9H2,1H3,(H2,21,22,23,24). The number of halogens is 2. The minimum atomic E-state index is -0.555. The van der Waals surface area contributed by atoms with Crippen LogP contribution in [0.1, 0.15) is 11.1 Å². The topological polar surface area (TPSA) is 93.0 Å². The summed E-state index contributed by atoms with van der Waals surface area (Å²) in [6.45, 7) is 2.08. The third kappa shape index (κ3) is 4.48. The molecular weight excluding hydrogens is 373 g/mol. The summed E-state index contributed by atoms with van der Waals surface area (Å²) >= 11 is 5.94. The van der Waals surface area contributed by atoms with Crippen molar-refractivity contribution in [3.63, 3.8) is 0 Å². The van der Waals surface area contributed by atoms with Gasteiger partial charge in [0.25, 0.3) is 0 Å². The maximum Gasteiger partial charge on any atom is 0.353 e. The average Bonchev–Trinajstić information content (AvgIpc) is 2.63. The lowest BCUT2D eigenvalue weighted by molar-refractivity contribution is -0.383. The van der Waals surface area contributed by atoms with Crippen LogP contribution in [0.2, 0.25) is 5.02 Å². The van der Waals surface area contributed by atoms with Crippen molar-refractivity contribution in [3.8, 4) is 0 Å². The molecule has 0 amide bonds. The highest BCUT2D eigenvalue weighted by Crippen LogP contribution is 2.32. The van der Waals surface area contributed by atoms with Gasteiger partial charge in [0.05, 0.1) is 4.92 Å². The second-order valence-electron chi connectivity index (χ2n) is 5.74. The molecule has 7 nitrogen and oxygen atoms in total. The molecule has 9 heteroatoms. The van der Waals surface area contributed by atoms with Crippen LogP contribution in [-0.4, -0.2) is 14.9 Å². The normalized spacial score (nSPS) is 10.5. The number of aromatic nitrogens is 2. The second kappa shape index (κ2) is 7.96. The first-order chi connectivity index (χ1) is 12.9. The van der Waals surface area contributed by atoms with Crippen molar-refractivity contribution in [2.75, 3.05) is 10.6 Å². The van der Waals surface area contributed by atoms with Crippen molar-refractivity contribution in [1.82, 2.24) is 9.97 Å². The lowest BCUT2D eigenvalue weighted by atomic mass is 10.2. The van der Waals surface area contributed by atoms with E-state index in [1.165, 1.54) is 18.5 Å². The molecule has 0 atom stereocenters. The lowest BCUT2D eigenvalue weighted by Gasteiger charge is -2.12. The van der Waals surface area contributed by atoms with E-state index in [-0.39, 0.29) is 29.7 Å². The minimum Gasteiger partial charge on any atom is -0.360 e. The van der Waals surface area contributed by atoms with E-state index in [1.54, 1.807) is 30.3 Å². The first-order valence-corrected chi connectivity index (χ1v) is 8.32. The van der Waals surface area contributed by atoms with Crippen LogP contribution < -0.4 is 10.6 Å². The van der Waals surface area contributed by atoms with Crippen LogP contribution in [-0.2, 0) is 6.54 Å². The fourth-order valence-corrected chi connectivity index (χ4v) is 2.68. The highest BCUT2D eigenvalue weighted by atomic mass is 35.5. The molecule has 3 aromatic rings. The van der Waals surface area contributed by atoms with Gasteiger partial charge < -0.3 is 10.6 Å². The molecule has 0 aliphatic heterocycles. The zero-order chi connectivity index (χ0) is 19.4. The van der Waals surface area contributed by atoms with Gasteiger partial charge in [-0.2, -0.15) is 0 Å². The van der Waals surface area contributed by atoms with Gasteiger partial charge >= 0.3 is 5.69 Å². The molecule has 27 heavy (non-hydrogen) atoms. The zero-order valence-corrected chi connectivity index (χ0v) is 15.0. The van der Waals surface area contributed by atoms with Crippen LogP contribution in [0.25, 0.3) is 0 Å². The summed E-state index contributed by atoms with van der Waals surface area (Å²) in [5, 5.41) is 18.0. The van der Waals surface area contributed by atoms with E-state index in [1.807, 2.05) is 6.92 Å². The number of hydrogen-bond acceptors (Lipinski definition) is 6. The fourth-order valence-electron chi connectivity index (χ4n) is 2.46. The monoisotopic (exact) mass is 387 g/mol. The van der Waals surface area contributed by atoms with Crippen molar-refractivity contribution in [3.05, 3.63) is 80.9 Å². The van der Waals surface area contributed by atoms with Crippen LogP contribution in [0, 0.1) is 22.9 Å². The molecule has 0 radical (unpaired) electrons. The third-order valence-electron chi connectivity index (χ3n) is 3.82. The molecule has 2 N–H and O–H groups in total. The number of anilines is 3. The highest BCUT2D eigenvalue weighted by molar-refractivity contribution is 6.30. The highest BCUT2D eigenvalue weighted by Gasteiger charge is 2.23. The van der Waals surface area contributed by atoms with E-state index in [2.05, 4.69) is 20.6 Å². The van der Waals surface area contributed by atoms with Gasteiger partial charge in [0.1, 0.15) is 12.1 Å². The molecule has 0 saturated heterocycles. The molecule has 0 aliphatic carbocycles. The number of nitrogens with one attached hydrogen (secondary N) is 2. The minimum absolute atomic E-state index is 0.0574. The Morgan fingerprint density at radius 3 is 2.52 bits per heavy atom. The van der Waals surface area contributed by atoms with Gasteiger partial charge in [0.2, 0.25) is 11.6 Å². The lowest BCUT2D eigenvalue weighted by Crippen LogP contribution is -2.08. The Morgan fingerprint density at radius 2 is 1.85 bits per heavy atom. The Kier molecular flexibility index (Phi) is 5.46. The molecule has 3 rings (SSSR count). The SMILES string of the molecule is Cc1cc(Cl)ccc1Nc1ncnc(NCc2ccc(F)cc2)c1[N+](=O)[O-]. The first kappa shape index (κ1) is 18.5. The molecule has 138 valence electrons. The van der Waals surface area contributed by atoms with Gasteiger partial charge in [-0.25, -0.2) is 14.4 Å². The molecule has 1 heterocycles. The summed E-state index contributed by atoms with van der Waals surface area (Å²) in [4.78, 5) is 19.0. The molecule has 0 fully saturated rings. The maximum absolute atomic E-state index is 13.0. The summed E-state index contributed by atoms with van der Waals surface area (Å²) in [5.74, 6) is -0.230. The van der Waals surface area contributed by atoms with Gasteiger partial charge in [-0.15, -0.1) is 0 Å². The van der Waals surface area contributed by atoms with E-state index < -0.39 is 4.92 Å². The van der Waals surface area contributed by atoms with Crippen LogP contribution in [0.15, 0.2) is 48.8 Å². The zero-order valence-electron chi connectivity index (χ0n) is 14.2. The van der Waals surface area contributed by atoms with Crippen LogP contribution in [0.4, 0.5) is 27.4 Å². The molecular formula is C18H15ClFN5O2. The van der Waals surface area contributed by atoms with Gasteiger partial charge in [0.15, 0.2) is 0 Å². The quantitative estimate of drug-likeness (QED) is 0.464. The third-order valence-corrected chi connectivity index (χ3v) is 4.05. The average molecular weight is 388 g/mol. The van der Waals surface area contributed by atoms with Crippen molar-refractivity contribution < 1.29 is 9.31 Å². The van der Waals surface area contributed by atoms with Crippen LogP contribution >= 0.6 is 11.6 Å². The molecule has 0 bridgehead atoms. The number of aryl methyl sites for hydroxylation is 1. The summed E-state index contributed by atoms with van der Waals surface area (Å²) < 4.78 is 13.0.